The Kier molecular flexibility index (Phi) is 3.66. The average molecular weight is 317 g/mol. The molecule has 0 spiro atoms. The molecule has 3 N–H and O–H groups in total. The summed E-state index contributed by atoms with van der Waals surface area (Å²) in [6, 6.07) is 13.5. The van der Waals surface area contributed by atoms with Crippen molar-refractivity contribution in [2.45, 2.75) is 16.7 Å². The second-order valence-corrected chi connectivity index (χ2v) is 6.24. The minimum atomic E-state index is -0.474. The topological polar surface area (TPSA) is 58.9 Å². The van der Waals surface area contributed by atoms with Crippen molar-refractivity contribution in [2.75, 3.05) is 0 Å². The first-order valence-electron chi connectivity index (χ1n) is 6.41. The monoisotopic (exact) mass is 316 g/mol. The zero-order chi connectivity index (χ0) is 15.0. The number of hydrogen-bond donors (Lipinski definition) is 2. The van der Waals surface area contributed by atoms with E-state index in [-0.39, 0.29) is 0 Å². The Morgan fingerprint density at radius 3 is 2.71 bits per heavy atom. The van der Waals surface area contributed by atoms with Crippen LogP contribution in [0, 0.1) is 6.92 Å². The molecule has 0 aliphatic heterocycles. The first kappa shape index (κ1) is 14.0. The van der Waals surface area contributed by atoms with Gasteiger partial charge in [-0.2, -0.15) is 0 Å². The van der Waals surface area contributed by atoms with Crippen molar-refractivity contribution in [2.24, 2.45) is 5.73 Å². The van der Waals surface area contributed by atoms with Crippen molar-refractivity contribution < 1.29 is 4.79 Å². The standard InChI is InChI=1S/C16H13ClN2OS/c1-9-4-2-3-5-13(9)21-15-11-8-10(17)6-7-12(11)19-14(15)16(18)20/h2-8,19H,1H3,(H2,18,20). The maximum Gasteiger partial charge on any atom is 0.266 e. The van der Waals surface area contributed by atoms with Crippen LogP contribution in [0.25, 0.3) is 10.9 Å². The highest BCUT2D eigenvalue weighted by molar-refractivity contribution is 7.99. The smallest absolute Gasteiger partial charge is 0.266 e. The number of fused-ring (bicyclic) bond motifs is 1. The summed E-state index contributed by atoms with van der Waals surface area (Å²) in [5, 5.41) is 1.54. The third-order valence-electron chi connectivity index (χ3n) is 3.26. The molecule has 3 nitrogen and oxygen atoms in total. The molecule has 0 aliphatic carbocycles. The Morgan fingerprint density at radius 1 is 1.24 bits per heavy atom. The number of amides is 1. The molecule has 0 saturated heterocycles. The maximum absolute atomic E-state index is 11.7. The van der Waals surface area contributed by atoms with Crippen molar-refractivity contribution in [3.63, 3.8) is 0 Å². The molecular weight excluding hydrogens is 304 g/mol. The fraction of sp³-hybridized carbons (Fsp3) is 0.0625. The summed E-state index contributed by atoms with van der Waals surface area (Å²) in [5.74, 6) is -0.474. The summed E-state index contributed by atoms with van der Waals surface area (Å²) in [7, 11) is 0. The summed E-state index contributed by atoms with van der Waals surface area (Å²) in [6.07, 6.45) is 0. The molecule has 3 rings (SSSR count). The molecule has 0 saturated carbocycles. The first-order chi connectivity index (χ1) is 10.1. The van der Waals surface area contributed by atoms with Crippen LogP contribution in [0.1, 0.15) is 16.1 Å². The van der Waals surface area contributed by atoms with Crippen molar-refractivity contribution >= 4 is 40.2 Å². The predicted molar refractivity (Wildman–Crippen MR) is 87.1 cm³/mol. The molecule has 0 radical (unpaired) electrons. The fourth-order valence-electron chi connectivity index (χ4n) is 2.20. The number of H-pyrrole nitrogens is 1. The molecule has 1 aromatic heterocycles. The van der Waals surface area contributed by atoms with Gasteiger partial charge in [0.25, 0.3) is 5.91 Å². The fourth-order valence-corrected chi connectivity index (χ4v) is 3.50. The van der Waals surface area contributed by atoms with E-state index in [2.05, 4.69) is 4.98 Å². The summed E-state index contributed by atoms with van der Waals surface area (Å²) < 4.78 is 0. The molecule has 106 valence electrons. The van der Waals surface area contributed by atoms with Crippen LogP contribution >= 0.6 is 23.4 Å². The molecule has 0 bridgehead atoms. The van der Waals surface area contributed by atoms with Crippen LogP contribution in [0.3, 0.4) is 0 Å². The number of carbonyl (C=O) groups is 1. The number of aryl methyl sites for hydroxylation is 1. The molecule has 0 fully saturated rings. The molecule has 1 heterocycles. The van der Waals surface area contributed by atoms with E-state index >= 15 is 0 Å². The number of aromatic nitrogens is 1. The lowest BCUT2D eigenvalue weighted by Crippen LogP contribution is -2.12. The number of benzene rings is 2. The molecule has 0 atom stereocenters. The van der Waals surface area contributed by atoms with Crippen LogP contribution in [-0.2, 0) is 0 Å². The Bertz CT molecular complexity index is 841. The summed E-state index contributed by atoms with van der Waals surface area (Å²) in [4.78, 5) is 16.7. The van der Waals surface area contributed by atoms with E-state index in [1.807, 2.05) is 43.3 Å². The first-order valence-corrected chi connectivity index (χ1v) is 7.60. The summed E-state index contributed by atoms with van der Waals surface area (Å²) >= 11 is 7.60. The molecule has 5 heteroatoms. The number of rotatable bonds is 3. The lowest BCUT2D eigenvalue weighted by Gasteiger charge is -2.05. The van der Waals surface area contributed by atoms with Gasteiger partial charge in [0.05, 0.1) is 4.90 Å². The highest BCUT2D eigenvalue weighted by atomic mass is 35.5. The third kappa shape index (κ3) is 2.64. The summed E-state index contributed by atoms with van der Waals surface area (Å²) in [5.41, 5.74) is 7.91. The second-order valence-electron chi connectivity index (χ2n) is 4.75. The third-order valence-corrected chi connectivity index (χ3v) is 4.81. The van der Waals surface area contributed by atoms with Gasteiger partial charge in [-0.15, -0.1) is 0 Å². The second kappa shape index (κ2) is 5.47. The number of primary amides is 1. The maximum atomic E-state index is 11.7. The Labute approximate surface area is 131 Å². The highest BCUT2D eigenvalue weighted by Gasteiger charge is 2.17. The number of aromatic amines is 1. The summed E-state index contributed by atoms with van der Waals surface area (Å²) in [6.45, 7) is 2.04. The predicted octanol–water partition coefficient (Wildman–Crippen LogP) is 4.38. The van der Waals surface area contributed by atoms with Crippen molar-refractivity contribution in [1.82, 2.24) is 4.98 Å². The lowest BCUT2D eigenvalue weighted by atomic mass is 10.2. The van der Waals surface area contributed by atoms with Gasteiger partial charge in [-0.25, -0.2) is 0 Å². The van der Waals surface area contributed by atoms with Crippen LogP contribution < -0.4 is 5.73 Å². The van der Waals surface area contributed by atoms with Gasteiger partial charge in [-0.1, -0.05) is 41.6 Å². The lowest BCUT2D eigenvalue weighted by molar-refractivity contribution is 0.0993. The largest absolute Gasteiger partial charge is 0.364 e. The number of halogens is 1. The van der Waals surface area contributed by atoms with E-state index in [4.69, 9.17) is 17.3 Å². The van der Waals surface area contributed by atoms with E-state index < -0.39 is 5.91 Å². The van der Waals surface area contributed by atoms with Gasteiger partial charge in [0.1, 0.15) is 5.69 Å². The van der Waals surface area contributed by atoms with E-state index in [1.165, 1.54) is 11.8 Å². The van der Waals surface area contributed by atoms with Crippen molar-refractivity contribution in [3.05, 3.63) is 58.7 Å². The molecule has 0 unspecified atom stereocenters. The van der Waals surface area contributed by atoms with E-state index in [0.29, 0.717) is 10.7 Å². The number of nitrogens with two attached hydrogens (primary N) is 1. The van der Waals surface area contributed by atoms with Gasteiger partial charge >= 0.3 is 0 Å². The van der Waals surface area contributed by atoms with Crippen LogP contribution in [0.4, 0.5) is 0 Å². The van der Waals surface area contributed by atoms with Gasteiger partial charge in [0.2, 0.25) is 0 Å². The molecular formula is C16H13ClN2OS. The minimum absolute atomic E-state index is 0.417. The quantitative estimate of drug-likeness (QED) is 0.753. The van der Waals surface area contributed by atoms with Crippen LogP contribution in [-0.4, -0.2) is 10.9 Å². The molecule has 21 heavy (non-hydrogen) atoms. The normalized spacial score (nSPS) is 11.0. The van der Waals surface area contributed by atoms with Gasteiger partial charge in [0.15, 0.2) is 0 Å². The SMILES string of the molecule is Cc1ccccc1Sc1c(C(N)=O)[nH]c2ccc(Cl)cc12. The van der Waals surface area contributed by atoms with Crippen molar-refractivity contribution in [3.8, 4) is 0 Å². The zero-order valence-electron chi connectivity index (χ0n) is 11.3. The Balaban J connectivity index is 2.20. The zero-order valence-corrected chi connectivity index (χ0v) is 12.9. The van der Waals surface area contributed by atoms with E-state index in [9.17, 15) is 4.79 Å². The molecule has 0 aliphatic rings. The van der Waals surface area contributed by atoms with Crippen LogP contribution in [0.2, 0.25) is 5.02 Å². The molecule has 3 aromatic rings. The minimum Gasteiger partial charge on any atom is -0.364 e. The van der Waals surface area contributed by atoms with Gasteiger partial charge in [0, 0.05) is 20.8 Å². The Morgan fingerprint density at radius 2 is 2.00 bits per heavy atom. The molecule has 1 amide bonds. The van der Waals surface area contributed by atoms with Gasteiger partial charge < -0.3 is 10.7 Å². The molecule has 2 aromatic carbocycles. The Hall–Kier alpha value is -1.91. The average Bonchev–Trinajstić information content (AvgIpc) is 2.80. The van der Waals surface area contributed by atoms with Crippen molar-refractivity contribution in [1.29, 1.82) is 0 Å². The van der Waals surface area contributed by atoms with E-state index in [0.717, 1.165) is 26.3 Å². The van der Waals surface area contributed by atoms with Gasteiger partial charge in [-0.05, 0) is 36.8 Å². The van der Waals surface area contributed by atoms with E-state index in [1.54, 1.807) is 6.07 Å². The number of carbonyl (C=O) groups excluding carboxylic acids is 1. The van der Waals surface area contributed by atoms with Crippen LogP contribution in [0.15, 0.2) is 52.3 Å². The number of hydrogen-bond acceptors (Lipinski definition) is 2. The highest BCUT2D eigenvalue weighted by Crippen LogP contribution is 2.38. The van der Waals surface area contributed by atoms with Gasteiger partial charge in [-0.3, -0.25) is 4.79 Å². The number of nitrogens with one attached hydrogen (secondary N) is 1. The van der Waals surface area contributed by atoms with Crippen LogP contribution in [0.5, 0.6) is 0 Å².